The fourth-order valence-electron chi connectivity index (χ4n) is 2.44. The van der Waals surface area contributed by atoms with Crippen LogP contribution in [0.15, 0.2) is 54.9 Å². The van der Waals surface area contributed by atoms with Crippen LogP contribution in [-0.4, -0.2) is 22.0 Å². The summed E-state index contributed by atoms with van der Waals surface area (Å²) in [7, 11) is 0. The summed E-state index contributed by atoms with van der Waals surface area (Å²) in [5, 5.41) is 6.51. The minimum absolute atomic E-state index is 0.0513. The van der Waals surface area contributed by atoms with Crippen LogP contribution in [0.1, 0.15) is 29.9 Å². The third-order valence-electron chi connectivity index (χ3n) is 3.83. The largest absolute Gasteiger partial charge is 0.489 e. The first-order valence-corrected chi connectivity index (χ1v) is 9.22. The van der Waals surface area contributed by atoms with E-state index >= 15 is 0 Å². The highest BCUT2D eigenvalue weighted by molar-refractivity contribution is 6.31. The predicted molar refractivity (Wildman–Crippen MR) is 112 cm³/mol. The number of nitrogens with one attached hydrogen (secondary N) is 2. The van der Waals surface area contributed by atoms with Crippen LogP contribution in [0.5, 0.6) is 5.75 Å². The molecule has 0 fully saturated rings. The summed E-state index contributed by atoms with van der Waals surface area (Å²) < 4.78 is 5.78. The Balaban J connectivity index is 1.70. The molecule has 7 heteroatoms. The lowest BCUT2D eigenvalue weighted by atomic mass is 10.2. The second-order valence-electron chi connectivity index (χ2n) is 6.49. The average Bonchev–Trinajstić information content (AvgIpc) is 2.66. The number of nitrogens with zero attached hydrogens (tertiary/aromatic N) is 2. The molecule has 0 saturated heterocycles. The van der Waals surface area contributed by atoms with E-state index < -0.39 is 0 Å². The zero-order valence-electron chi connectivity index (χ0n) is 15.9. The highest BCUT2D eigenvalue weighted by Crippen LogP contribution is 2.27. The molecule has 0 bridgehead atoms. The van der Waals surface area contributed by atoms with Gasteiger partial charge in [0.1, 0.15) is 17.3 Å². The topological polar surface area (TPSA) is 76.1 Å². The minimum atomic E-state index is -0.359. The van der Waals surface area contributed by atoms with Crippen LogP contribution in [0, 0.1) is 6.92 Å². The number of benzene rings is 2. The summed E-state index contributed by atoms with van der Waals surface area (Å²) in [6, 6.07) is 12.9. The van der Waals surface area contributed by atoms with E-state index in [0.717, 1.165) is 17.0 Å². The molecule has 0 aliphatic rings. The molecule has 6 nitrogen and oxygen atoms in total. The van der Waals surface area contributed by atoms with Crippen LogP contribution < -0.4 is 15.4 Å². The van der Waals surface area contributed by atoms with Crippen molar-refractivity contribution in [2.45, 2.75) is 26.9 Å². The summed E-state index contributed by atoms with van der Waals surface area (Å²) >= 11 is 6.09. The average molecular weight is 397 g/mol. The van der Waals surface area contributed by atoms with Crippen LogP contribution in [0.4, 0.5) is 17.2 Å². The highest BCUT2D eigenvalue weighted by Gasteiger charge is 2.11. The molecule has 0 saturated carbocycles. The second-order valence-corrected chi connectivity index (χ2v) is 6.90. The van der Waals surface area contributed by atoms with Gasteiger partial charge in [0.25, 0.3) is 5.91 Å². The third-order valence-corrected chi connectivity index (χ3v) is 4.23. The molecule has 0 radical (unpaired) electrons. The van der Waals surface area contributed by atoms with Crippen molar-refractivity contribution in [2.24, 2.45) is 0 Å². The van der Waals surface area contributed by atoms with Crippen molar-refractivity contribution in [1.82, 2.24) is 9.97 Å². The number of hydrogen-bond acceptors (Lipinski definition) is 5. The van der Waals surface area contributed by atoms with Crippen molar-refractivity contribution in [1.29, 1.82) is 0 Å². The Morgan fingerprint density at radius 1 is 1.11 bits per heavy atom. The molecule has 1 amide bonds. The van der Waals surface area contributed by atoms with Crippen molar-refractivity contribution in [3.8, 4) is 5.75 Å². The van der Waals surface area contributed by atoms with Gasteiger partial charge in [-0.3, -0.25) is 4.79 Å². The lowest BCUT2D eigenvalue weighted by molar-refractivity contribution is 0.102. The molecule has 3 aromatic rings. The summed E-state index contributed by atoms with van der Waals surface area (Å²) in [5.41, 5.74) is 2.52. The van der Waals surface area contributed by atoms with Crippen LogP contribution >= 0.6 is 11.6 Å². The zero-order valence-corrected chi connectivity index (χ0v) is 16.6. The maximum atomic E-state index is 12.4. The van der Waals surface area contributed by atoms with Gasteiger partial charge in [-0.2, -0.15) is 0 Å². The number of aromatic nitrogens is 2. The molecular formula is C21H21ClN4O2. The van der Waals surface area contributed by atoms with Crippen molar-refractivity contribution >= 4 is 34.7 Å². The van der Waals surface area contributed by atoms with E-state index in [1.54, 1.807) is 12.1 Å². The summed E-state index contributed by atoms with van der Waals surface area (Å²) in [5.74, 6) is 0.870. The second kappa shape index (κ2) is 8.71. The fourth-order valence-corrected chi connectivity index (χ4v) is 2.62. The first-order valence-electron chi connectivity index (χ1n) is 8.84. The van der Waals surface area contributed by atoms with E-state index in [2.05, 4.69) is 20.6 Å². The lowest BCUT2D eigenvalue weighted by Crippen LogP contribution is -2.14. The molecule has 3 rings (SSSR count). The summed E-state index contributed by atoms with van der Waals surface area (Å²) in [4.78, 5) is 20.8. The van der Waals surface area contributed by atoms with Crippen LogP contribution in [0.3, 0.4) is 0 Å². The van der Waals surface area contributed by atoms with E-state index in [9.17, 15) is 4.79 Å². The Hall–Kier alpha value is -3.12. The van der Waals surface area contributed by atoms with Crippen molar-refractivity contribution in [3.63, 3.8) is 0 Å². The maximum absolute atomic E-state index is 12.4. The molecule has 1 heterocycles. The number of carbonyl (C=O) groups excluding carboxylic acids is 1. The van der Waals surface area contributed by atoms with Gasteiger partial charge in [-0.25, -0.2) is 9.97 Å². The van der Waals surface area contributed by atoms with Crippen LogP contribution in [-0.2, 0) is 0 Å². The minimum Gasteiger partial charge on any atom is -0.489 e. The number of para-hydroxylation sites is 2. The molecular weight excluding hydrogens is 376 g/mol. The number of anilines is 3. The number of amides is 1. The molecule has 2 aromatic carbocycles. The number of rotatable bonds is 6. The number of carbonyl (C=O) groups is 1. The Morgan fingerprint density at radius 3 is 2.57 bits per heavy atom. The van der Waals surface area contributed by atoms with Crippen LogP contribution in [0.25, 0.3) is 0 Å². The zero-order chi connectivity index (χ0) is 20.1. The summed E-state index contributed by atoms with van der Waals surface area (Å²) in [6.45, 7) is 5.83. The van der Waals surface area contributed by atoms with Gasteiger partial charge < -0.3 is 15.4 Å². The molecule has 0 atom stereocenters. The molecule has 0 unspecified atom stereocenters. The fraction of sp³-hybridized carbons (Fsp3) is 0.190. The quantitative estimate of drug-likeness (QED) is 0.597. The van der Waals surface area contributed by atoms with Crippen molar-refractivity contribution in [3.05, 3.63) is 71.1 Å². The Morgan fingerprint density at radius 2 is 1.89 bits per heavy atom. The SMILES string of the molecule is Cc1ccc(NC(=O)c2cnc(Nc3ccccc3OC(C)C)cn2)cc1Cl. The Labute approximate surface area is 168 Å². The molecule has 28 heavy (non-hydrogen) atoms. The normalized spacial score (nSPS) is 10.6. The van der Waals surface area contributed by atoms with Crippen molar-refractivity contribution < 1.29 is 9.53 Å². The molecule has 144 valence electrons. The Bertz CT molecular complexity index is 974. The van der Waals surface area contributed by atoms with Gasteiger partial charge in [0.15, 0.2) is 0 Å². The molecule has 0 aliphatic heterocycles. The van der Waals surface area contributed by atoms with E-state index in [1.807, 2.05) is 51.1 Å². The van der Waals surface area contributed by atoms with Crippen LogP contribution in [0.2, 0.25) is 5.02 Å². The predicted octanol–water partition coefficient (Wildman–Crippen LogP) is 5.22. The monoisotopic (exact) mass is 396 g/mol. The van der Waals surface area contributed by atoms with E-state index in [4.69, 9.17) is 16.3 Å². The number of halogens is 1. The smallest absolute Gasteiger partial charge is 0.275 e. The van der Waals surface area contributed by atoms with E-state index in [-0.39, 0.29) is 17.7 Å². The van der Waals surface area contributed by atoms with Gasteiger partial charge in [-0.1, -0.05) is 29.8 Å². The number of ether oxygens (including phenoxy) is 1. The van der Waals surface area contributed by atoms with Gasteiger partial charge in [0, 0.05) is 10.7 Å². The van der Waals surface area contributed by atoms with Gasteiger partial charge in [0.05, 0.1) is 24.2 Å². The van der Waals surface area contributed by atoms with Gasteiger partial charge >= 0.3 is 0 Å². The van der Waals surface area contributed by atoms with Gasteiger partial charge in [-0.15, -0.1) is 0 Å². The standard InChI is InChI=1S/C21H21ClN4O2/c1-13(2)28-19-7-5-4-6-17(19)26-20-12-23-18(11-24-20)21(27)25-15-9-8-14(3)16(22)10-15/h4-13H,1-3H3,(H,24,26)(H,25,27). The molecule has 0 aliphatic carbocycles. The maximum Gasteiger partial charge on any atom is 0.275 e. The highest BCUT2D eigenvalue weighted by atomic mass is 35.5. The lowest BCUT2D eigenvalue weighted by Gasteiger charge is -2.15. The van der Waals surface area contributed by atoms with E-state index in [0.29, 0.717) is 16.5 Å². The van der Waals surface area contributed by atoms with E-state index in [1.165, 1.54) is 12.4 Å². The molecule has 1 aromatic heterocycles. The van der Waals surface area contributed by atoms with Gasteiger partial charge in [0.2, 0.25) is 0 Å². The summed E-state index contributed by atoms with van der Waals surface area (Å²) in [6.07, 6.45) is 2.97. The first-order chi connectivity index (χ1) is 13.4. The Kier molecular flexibility index (Phi) is 6.11. The first kappa shape index (κ1) is 19.6. The number of aryl methyl sites for hydroxylation is 1. The third kappa shape index (κ3) is 4.98. The van der Waals surface area contributed by atoms with Crippen molar-refractivity contribution in [2.75, 3.05) is 10.6 Å². The molecule has 0 spiro atoms. The number of hydrogen-bond donors (Lipinski definition) is 2. The molecule has 2 N–H and O–H groups in total. The van der Waals surface area contributed by atoms with Gasteiger partial charge in [-0.05, 0) is 50.6 Å².